The molecular weight excluding hydrogens is 299 g/mol. The highest BCUT2D eigenvalue weighted by molar-refractivity contribution is 6.32. The van der Waals surface area contributed by atoms with Crippen molar-refractivity contribution in [1.82, 2.24) is 9.97 Å². The standard InChI is InChI=1S/C13H20Cl2N4O/c1-8(2)9(5-6-16)3-4-12(20)18-11-7-10(14)17-13(15)19-11/h7-9H,3-6,16H2,1-2H3,(H,17,18,19,20). The molecule has 7 heteroatoms. The summed E-state index contributed by atoms with van der Waals surface area (Å²) in [5, 5.41) is 2.88. The molecule has 1 heterocycles. The maximum atomic E-state index is 11.9. The van der Waals surface area contributed by atoms with Gasteiger partial charge < -0.3 is 11.1 Å². The fraction of sp³-hybridized carbons (Fsp3) is 0.615. The van der Waals surface area contributed by atoms with Gasteiger partial charge in [-0.3, -0.25) is 4.79 Å². The Morgan fingerprint density at radius 1 is 1.35 bits per heavy atom. The molecule has 20 heavy (non-hydrogen) atoms. The molecule has 1 aromatic heterocycles. The fourth-order valence-corrected chi connectivity index (χ4v) is 2.41. The van der Waals surface area contributed by atoms with Crippen LogP contribution in [0.3, 0.4) is 0 Å². The molecule has 1 rings (SSSR count). The minimum absolute atomic E-state index is 0.0102. The second-order valence-corrected chi connectivity index (χ2v) is 5.74. The molecule has 0 aromatic carbocycles. The van der Waals surface area contributed by atoms with E-state index < -0.39 is 0 Å². The van der Waals surface area contributed by atoms with Crippen molar-refractivity contribution in [2.24, 2.45) is 17.6 Å². The van der Waals surface area contributed by atoms with Crippen molar-refractivity contribution in [3.63, 3.8) is 0 Å². The molecule has 0 aliphatic carbocycles. The number of anilines is 1. The number of nitrogens with zero attached hydrogens (tertiary/aromatic N) is 2. The van der Waals surface area contributed by atoms with Crippen LogP contribution in [0.2, 0.25) is 10.4 Å². The third-order valence-corrected chi connectivity index (χ3v) is 3.52. The van der Waals surface area contributed by atoms with Crippen LogP contribution in [0.15, 0.2) is 6.07 Å². The molecule has 1 amide bonds. The van der Waals surface area contributed by atoms with Crippen LogP contribution < -0.4 is 11.1 Å². The molecule has 0 aliphatic heterocycles. The average Bonchev–Trinajstić information content (AvgIpc) is 2.32. The van der Waals surface area contributed by atoms with Crippen LogP contribution in [0, 0.1) is 11.8 Å². The largest absolute Gasteiger partial charge is 0.330 e. The Hall–Kier alpha value is -0.910. The summed E-state index contributed by atoms with van der Waals surface area (Å²) in [6, 6.07) is 1.46. The van der Waals surface area contributed by atoms with Gasteiger partial charge in [-0.25, -0.2) is 9.97 Å². The Labute approximate surface area is 129 Å². The molecule has 112 valence electrons. The summed E-state index contributed by atoms with van der Waals surface area (Å²) < 4.78 is 0. The van der Waals surface area contributed by atoms with Crippen molar-refractivity contribution in [1.29, 1.82) is 0 Å². The first-order chi connectivity index (χ1) is 9.42. The monoisotopic (exact) mass is 318 g/mol. The minimum atomic E-state index is -0.112. The molecule has 0 spiro atoms. The number of halogens is 2. The van der Waals surface area contributed by atoms with Crippen LogP contribution in [0.25, 0.3) is 0 Å². The first-order valence-corrected chi connectivity index (χ1v) is 7.38. The number of nitrogens with two attached hydrogens (primary N) is 1. The zero-order valence-electron chi connectivity index (χ0n) is 11.7. The van der Waals surface area contributed by atoms with Crippen LogP contribution >= 0.6 is 23.2 Å². The lowest BCUT2D eigenvalue weighted by molar-refractivity contribution is -0.116. The van der Waals surface area contributed by atoms with Crippen LogP contribution in [0.4, 0.5) is 5.82 Å². The maximum Gasteiger partial charge on any atom is 0.225 e. The van der Waals surface area contributed by atoms with Crippen molar-refractivity contribution in [2.45, 2.75) is 33.1 Å². The lowest BCUT2D eigenvalue weighted by Crippen LogP contribution is -2.19. The molecule has 1 unspecified atom stereocenters. The zero-order chi connectivity index (χ0) is 15.1. The van der Waals surface area contributed by atoms with Crippen LogP contribution in [-0.4, -0.2) is 22.4 Å². The number of carbonyl (C=O) groups excluding carboxylic acids is 1. The first-order valence-electron chi connectivity index (χ1n) is 6.62. The summed E-state index contributed by atoms with van der Waals surface area (Å²) in [5.74, 6) is 1.16. The molecule has 1 atom stereocenters. The number of aromatic nitrogens is 2. The summed E-state index contributed by atoms with van der Waals surface area (Å²) in [6.07, 6.45) is 2.14. The quantitative estimate of drug-likeness (QED) is 0.598. The Kier molecular flexibility index (Phi) is 7.19. The van der Waals surface area contributed by atoms with E-state index in [0.29, 0.717) is 30.6 Å². The summed E-state index contributed by atoms with van der Waals surface area (Å²) >= 11 is 11.4. The SMILES string of the molecule is CC(C)C(CCN)CCC(=O)Nc1cc(Cl)nc(Cl)n1. The molecule has 0 bridgehead atoms. The summed E-state index contributed by atoms with van der Waals surface area (Å²) in [5.41, 5.74) is 5.58. The maximum absolute atomic E-state index is 11.9. The van der Waals surface area contributed by atoms with Crippen LogP contribution in [0.5, 0.6) is 0 Å². The number of rotatable bonds is 7. The normalized spacial score (nSPS) is 12.5. The van der Waals surface area contributed by atoms with Gasteiger partial charge in [0.1, 0.15) is 11.0 Å². The van der Waals surface area contributed by atoms with E-state index in [0.717, 1.165) is 12.8 Å². The third kappa shape index (κ3) is 6.03. The van der Waals surface area contributed by atoms with E-state index in [1.807, 2.05) is 0 Å². The number of hydrogen-bond donors (Lipinski definition) is 2. The lowest BCUT2D eigenvalue weighted by Gasteiger charge is -2.19. The summed E-state index contributed by atoms with van der Waals surface area (Å²) in [4.78, 5) is 19.5. The molecule has 5 nitrogen and oxygen atoms in total. The van der Waals surface area contributed by atoms with Gasteiger partial charge in [-0.1, -0.05) is 25.4 Å². The van der Waals surface area contributed by atoms with E-state index in [1.54, 1.807) is 0 Å². The van der Waals surface area contributed by atoms with Gasteiger partial charge >= 0.3 is 0 Å². The zero-order valence-corrected chi connectivity index (χ0v) is 13.2. The predicted molar refractivity (Wildman–Crippen MR) is 81.9 cm³/mol. The van der Waals surface area contributed by atoms with Gasteiger partial charge in [0.05, 0.1) is 0 Å². The van der Waals surface area contributed by atoms with Gasteiger partial charge in [0.25, 0.3) is 0 Å². The van der Waals surface area contributed by atoms with E-state index in [1.165, 1.54) is 6.07 Å². The highest BCUT2D eigenvalue weighted by Crippen LogP contribution is 2.21. The summed E-state index contributed by atoms with van der Waals surface area (Å²) in [7, 11) is 0. The number of carbonyl (C=O) groups is 1. The molecule has 0 saturated carbocycles. The smallest absolute Gasteiger partial charge is 0.225 e. The predicted octanol–water partition coefficient (Wildman–Crippen LogP) is 3.12. The Morgan fingerprint density at radius 3 is 2.60 bits per heavy atom. The lowest BCUT2D eigenvalue weighted by atomic mass is 9.88. The average molecular weight is 319 g/mol. The van der Waals surface area contributed by atoms with E-state index in [2.05, 4.69) is 29.1 Å². The van der Waals surface area contributed by atoms with Gasteiger partial charge in [-0.05, 0) is 42.8 Å². The van der Waals surface area contributed by atoms with Gasteiger partial charge in [0.2, 0.25) is 11.2 Å². The van der Waals surface area contributed by atoms with Crippen LogP contribution in [0.1, 0.15) is 33.1 Å². The molecule has 0 fully saturated rings. The van der Waals surface area contributed by atoms with Crippen molar-refractivity contribution in [3.8, 4) is 0 Å². The van der Waals surface area contributed by atoms with E-state index in [9.17, 15) is 4.79 Å². The Morgan fingerprint density at radius 2 is 2.05 bits per heavy atom. The van der Waals surface area contributed by atoms with Gasteiger partial charge in [0.15, 0.2) is 0 Å². The third-order valence-electron chi connectivity index (χ3n) is 3.16. The van der Waals surface area contributed by atoms with Gasteiger partial charge in [-0.2, -0.15) is 0 Å². The Bertz CT molecular complexity index is 434. The molecule has 0 radical (unpaired) electrons. The van der Waals surface area contributed by atoms with Crippen molar-refractivity contribution in [2.75, 3.05) is 11.9 Å². The fourth-order valence-electron chi connectivity index (χ4n) is 2.00. The second kappa shape index (κ2) is 8.39. The second-order valence-electron chi connectivity index (χ2n) is 5.01. The van der Waals surface area contributed by atoms with Gasteiger partial charge in [-0.15, -0.1) is 0 Å². The number of amides is 1. The Balaban J connectivity index is 2.50. The summed E-state index contributed by atoms with van der Waals surface area (Å²) in [6.45, 7) is 4.92. The van der Waals surface area contributed by atoms with Crippen molar-refractivity contribution in [3.05, 3.63) is 16.5 Å². The molecule has 0 saturated heterocycles. The highest BCUT2D eigenvalue weighted by Gasteiger charge is 2.15. The molecular formula is C13H20Cl2N4O. The van der Waals surface area contributed by atoms with Gasteiger partial charge in [0, 0.05) is 12.5 Å². The molecule has 1 aromatic rings. The van der Waals surface area contributed by atoms with E-state index >= 15 is 0 Å². The first kappa shape index (κ1) is 17.1. The molecule has 3 N–H and O–H groups in total. The highest BCUT2D eigenvalue weighted by atomic mass is 35.5. The molecule has 0 aliphatic rings. The number of hydrogen-bond acceptors (Lipinski definition) is 4. The number of nitrogens with one attached hydrogen (secondary N) is 1. The topological polar surface area (TPSA) is 80.9 Å². The van der Waals surface area contributed by atoms with Crippen LogP contribution in [-0.2, 0) is 4.79 Å². The minimum Gasteiger partial charge on any atom is -0.330 e. The van der Waals surface area contributed by atoms with E-state index in [4.69, 9.17) is 28.9 Å². The van der Waals surface area contributed by atoms with Crippen molar-refractivity contribution >= 4 is 34.9 Å². The van der Waals surface area contributed by atoms with Crippen molar-refractivity contribution < 1.29 is 4.79 Å². The van der Waals surface area contributed by atoms with E-state index in [-0.39, 0.29) is 16.3 Å².